The van der Waals surface area contributed by atoms with E-state index in [-0.39, 0.29) is 0 Å². The number of halogens is 3. The van der Waals surface area contributed by atoms with Crippen molar-refractivity contribution in [1.82, 2.24) is 0 Å². The van der Waals surface area contributed by atoms with Crippen LogP contribution in [0.3, 0.4) is 0 Å². The first-order valence-corrected chi connectivity index (χ1v) is 5.47. The summed E-state index contributed by atoms with van der Waals surface area (Å²) in [6.45, 7) is 2.03. The number of ether oxygens (including phenoxy) is 1. The van der Waals surface area contributed by atoms with E-state index in [1.165, 1.54) is 0 Å². The van der Waals surface area contributed by atoms with Crippen molar-refractivity contribution in [1.29, 1.82) is 0 Å². The quantitative estimate of drug-likeness (QED) is 0.463. The molecule has 0 aliphatic carbocycles. The minimum absolute atomic E-state index is 0.427. The van der Waals surface area contributed by atoms with E-state index < -0.39 is 16.1 Å². The number of hydrogen-bond acceptors (Lipinski definition) is 2. The summed E-state index contributed by atoms with van der Waals surface area (Å²) >= 11 is 16.7. The molecule has 0 amide bonds. The zero-order valence-electron chi connectivity index (χ0n) is 7.80. The van der Waals surface area contributed by atoms with Crippen LogP contribution in [0, 0.1) is 0 Å². The Kier molecular flexibility index (Phi) is 6.66. The topological polar surface area (TPSA) is 46.5 Å². The average molecular weight is 264 g/mol. The number of carboxylic acid groups (broad SMARTS) is 1. The highest BCUT2D eigenvalue weighted by molar-refractivity contribution is 6.68. The lowest BCUT2D eigenvalue weighted by Crippen LogP contribution is -2.30. The molecular weight excluding hydrogens is 250 g/mol. The van der Waals surface area contributed by atoms with Gasteiger partial charge in [-0.05, 0) is 12.8 Å². The number of carbonyl (C=O) groups is 1. The van der Waals surface area contributed by atoms with Gasteiger partial charge in [0.25, 0.3) is 0 Å². The van der Waals surface area contributed by atoms with E-state index in [0.717, 1.165) is 19.3 Å². The third kappa shape index (κ3) is 6.57. The van der Waals surface area contributed by atoms with Gasteiger partial charge in [-0.2, -0.15) is 0 Å². The van der Waals surface area contributed by atoms with Gasteiger partial charge in [0, 0.05) is 0 Å². The molecule has 3 nitrogen and oxygen atoms in total. The summed E-state index contributed by atoms with van der Waals surface area (Å²) in [5.41, 5.74) is 0. The van der Waals surface area contributed by atoms with E-state index in [2.05, 4.69) is 4.74 Å². The van der Waals surface area contributed by atoms with Gasteiger partial charge in [0.1, 0.15) is 0 Å². The van der Waals surface area contributed by atoms with Gasteiger partial charge < -0.3 is 9.84 Å². The number of rotatable bonds is 5. The molecule has 0 bridgehead atoms. The molecule has 0 aliphatic heterocycles. The largest absolute Gasteiger partial charge is 0.506 e. The van der Waals surface area contributed by atoms with E-state index >= 15 is 0 Å². The van der Waals surface area contributed by atoms with Crippen LogP contribution in [0.25, 0.3) is 0 Å². The maximum absolute atomic E-state index is 10.3. The van der Waals surface area contributed by atoms with E-state index in [9.17, 15) is 4.79 Å². The second-order valence-electron chi connectivity index (χ2n) is 2.91. The third-order valence-electron chi connectivity index (χ3n) is 1.68. The molecule has 14 heavy (non-hydrogen) atoms. The molecule has 84 valence electrons. The molecule has 0 heterocycles. The first-order chi connectivity index (χ1) is 6.38. The average Bonchev–Trinajstić information content (AvgIpc) is 2.00. The molecule has 0 fully saturated rings. The Bertz CT molecular complexity index is 179. The Morgan fingerprint density at radius 2 is 2.00 bits per heavy atom. The lowest BCUT2D eigenvalue weighted by atomic mass is 10.1. The second-order valence-corrected chi connectivity index (χ2v) is 5.28. The summed E-state index contributed by atoms with van der Waals surface area (Å²) in [6, 6.07) is 0. The van der Waals surface area contributed by atoms with Crippen LogP contribution < -0.4 is 0 Å². The second kappa shape index (κ2) is 6.59. The molecule has 0 saturated carbocycles. The maximum Gasteiger partial charge on any atom is 0.506 e. The molecular formula is C8H13Cl3O3. The van der Waals surface area contributed by atoms with Crippen molar-refractivity contribution in [3.8, 4) is 0 Å². The number of unbranched alkanes of at least 4 members (excludes halogenated alkanes) is 2. The molecule has 0 rings (SSSR count). The monoisotopic (exact) mass is 262 g/mol. The minimum atomic E-state index is -1.69. The molecule has 0 radical (unpaired) electrons. The van der Waals surface area contributed by atoms with Gasteiger partial charge >= 0.3 is 6.16 Å². The van der Waals surface area contributed by atoms with Gasteiger partial charge in [-0.1, -0.05) is 54.6 Å². The standard InChI is InChI=1S/C8H13Cl3O3/c1-2-3-4-5-6(8(9,10)11)14-7(12)13/h6H,2-5H2,1H3,(H,12,13). The highest BCUT2D eigenvalue weighted by Crippen LogP contribution is 2.35. The van der Waals surface area contributed by atoms with Gasteiger partial charge in [-0.25, -0.2) is 4.79 Å². The number of hydrogen-bond donors (Lipinski definition) is 1. The SMILES string of the molecule is CCCCCC(OC(=O)O)C(Cl)(Cl)Cl. The van der Waals surface area contributed by atoms with Gasteiger partial charge in [0.05, 0.1) is 0 Å². The molecule has 0 saturated heterocycles. The predicted molar refractivity (Wildman–Crippen MR) is 57.3 cm³/mol. The Balaban J connectivity index is 4.05. The Labute approximate surface area is 98.3 Å². The summed E-state index contributed by atoms with van der Waals surface area (Å²) in [4.78, 5) is 10.3. The zero-order chi connectivity index (χ0) is 11.2. The number of alkyl halides is 3. The molecule has 0 aliphatic rings. The Morgan fingerprint density at radius 3 is 2.36 bits per heavy atom. The van der Waals surface area contributed by atoms with Crippen LogP contribution in [0.15, 0.2) is 0 Å². The zero-order valence-corrected chi connectivity index (χ0v) is 10.1. The van der Waals surface area contributed by atoms with Crippen molar-refractivity contribution < 1.29 is 14.6 Å². The first kappa shape index (κ1) is 14.1. The molecule has 0 aromatic heterocycles. The van der Waals surface area contributed by atoms with Crippen LogP contribution in [0.5, 0.6) is 0 Å². The lowest BCUT2D eigenvalue weighted by Gasteiger charge is -2.22. The first-order valence-electron chi connectivity index (χ1n) is 4.34. The van der Waals surface area contributed by atoms with Crippen LogP contribution in [0.1, 0.15) is 32.6 Å². The fraction of sp³-hybridized carbons (Fsp3) is 0.875. The van der Waals surface area contributed by atoms with E-state index in [1.54, 1.807) is 0 Å². The smallest absolute Gasteiger partial charge is 0.450 e. The third-order valence-corrected chi connectivity index (χ3v) is 2.41. The highest BCUT2D eigenvalue weighted by Gasteiger charge is 2.35. The van der Waals surface area contributed by atoms with Crippen molar-refractivity contribution in [2.24, 2.45) is 0 Å². The van der Waals surface area contributed by atoms with E-state index in [4.69, 9.17) is 39.9 Å². The summed E-state index contributed by atoms with van der Waals surface area (Å²) in [7, 11) is 0. The van der Waals surface area contributed by atoms with Gasteiger partial charge in [0.15, 0.2) is 6.10 Å². The molecule has 0 spiro atoms. The molecule has 1 N–H and O–H groups in total. The van der Waals surface area contributed by atoms with Crippen molar-refractivity contribution in [2.75, 3.05) is 0 Å². The van der Waals surface area contributed by atoms with Crippen molar-refractivity contribution in [3.63, 3.8) is 0 Å². The van der Waals surface area contributed by atoms with Crippen molar-refractivity contribution in [3.05, 3.63) is 0 Å². The van der Waals surface area contributed by atoms with Crippen LogP contribution >= 0.6 is 34.8 Å². The van der Waals surface area contributed by atoms with E-state index in [1.807, 2.05) is 6.92 Å². The molecule has 1 unspecified atom stereocenters. The fourth-order valence-electron chi connectivity index (χ4n) is 0.991. The lowest BCUT2D eigenvalue weighted by molar-refractivity contribution is 0.0486. The van der Waals surface area contributed by atoms with Gasteiger partial charge in [0.2, 0.25) is 3.79 Å². The van der Waals surface area contributed by atoms with Crippen molar-refractivity contribution in [2.45, 2.75) is 42.5 Å². The highest BCUT2D eigenvalue weighted by atomic mass is 35.6. The summed E-state index contributed by atoms with van der Waals surface area (Å²) in [5, 5.41) is 8.41. The predicted octanol–water partition coefficient (Wildman–Crippen LogP) is 4.00. The van der Waals surface area contributed by atoms with E-state index in [0.29, 0.717) is 6.42 Å². The van der Waals surface area contributed by atoms with Crippen LogP contribution in [-0.2, 0) is 4.74 Å². The van der Waals surface area contributed by atoms with Crippen LogP contribution in [0.4, 0.5) is 4.79 Å². The van der Waals surface area contributed by atoms with Crippen molar-refractivity contribution >= 4 is 41.0 Å². The molecule has 0 aromatic carbocycles. The van der Waals surface area contributed by atoms with Crippen LogP contribution in [0.2, 0.25) is 0 Å². The summed E-state index contributed by atoms with van der Waals surface area (Å²) < 4.78 is 2.79. The summed E-state index contributed by atoms with van der Waals surface area (Å²) in [5.74, 6) is 0. The Hall–Kier alpha value is 0.140. The summed E-state index contributed by atoms with van der Waals surface area (Å²) in [6.07, 6.45) is 0.869. The Morgan fingerprint density at radius 1 is 1.43 bits per heavy atom. The normalized spacial score (nSPS) is 13.7. The molecule has 6 heteroatoms. The maximum atomic E-state index is 10.3. The molecule has 0 aromatic rings. The van der Waals surface area contributed by atoms with Gasteiger partial charge in [-0.15, -0.1) is 0 Å². The van der Waals surface area contributed by atoms with Gasteiger partial charge in [-0.3, -0.25) is 0 Å². The minimum Gasteiger partial charge on any atom is -0.450 e. The molecule has 1 atom stereocenters. The van der Waals surface area contributed by atoms with Crippen LogP contribution in [-0.4, -0.2) is 21.2 Å². The fourth-order valence-corrected chi connectivity index (χ4v) is 1.45.